The Morgan fingerprint density at radius 1 is 1.11 bits per heavy atom. The summed E-state index contributed by atoms with van der Waals surface area (Å²) in [5, 5.41) is 3.58. The molecule has 0 atom stereocenters. The predicted molar refractivity (Wildman–Crippen MR) is 142 cm³/mol. The molecule has 9 heteroatoms. The minimum absolute atomic E-state index is 0.0168. The van der Waals surface area contributed by atoms with Gasteiger partial charge in [-0.1, -0.05) is 24.3 Å². The Hall–Kier alpha value is -4.53. The van der Waals surface area contributed by atoms with E-state index in [2.05, 4.69) is 20.3 Å². The van der Waals surface area contributed by atoms with Crippen LogP contribution in [0.3, 0.4) is 0 Å². The number of fused-ring (bicyclic) bond motifs is 1. The second-order valence-corrected chi connectivity index (χ2v) is 9.22. The van der Waals surface area contributed by atoms with E-state index in [0.29, 0.717) is 53.2 Å². The van der Waals surface area contributed by atoms with Gasteiger partial charge in [-0.3, -0.25) is 4.79 Å². The first-order valence-corrected chi connectivity index (χ1v) is 12.0. The molecule has 2 N–H and O–H groups in total. The van der Waals surface area contributed by atoms with E-state index in [1.165, 1.54) is 18.5 Å². The lowest BCUT2D eigenvalue weighted by Gasteiger charge is -2.28. The highest BCUT2D eigenvalue weighted by atomic mass is 19.1. The topological polar surface area (TPSA) is 94.2 Å². The van der Waals surface area contributed by atoms with Gasteiger partial charge in [0.05, 0.1) is 5.69 Å². The normalized spacial score (nSPS) is 13.4. The number of anilines is 1. The Kier molecular flexibility index (Phi) is 6.43. The number of aromatic amines is 1. The maximum absolute atomic E-state index is 14.8. The van der Waals surface area contributed by atoms with Crippen LogP contribution in [0.5, 0.6) is 0 Å². The van der Waals surface area contributed by atoms with Gasteiger partial charge >= 0.3 is 6.03 Å². The maximum Gasteiger partial charge on any atom is 0.319 e. The van der Waals surface area contributed by atoms with Gasteiger partial charge < -0.3 is 20.1 Å². The first-order chi connectivity index (χ1) is 17.8. The fourth-order valence-electron chi connectivity index (χ4n) is 4.54. The van der Waals surface area contributed by atoms with Gasteiger partial charge in [0, 0.05) is 55.1 Å². The Morgan fingerprint density at radius 3 is 2.59 bits per heavy atom. The van der Waals surface area contributed by atoms with Gasteiger partial charge in [0.15, 0.2) is 0 Å². The van der Waals surface area contributed by atoms with Crippen LogP contribution in [0.25, 0.3) is 27.9 Å². The SMILES string of the molecule is Cc1c(NC(=O)c2ccccc2)cc(F)cc1-c1ncnc2[nH]c(C3=CCN(C(=O)N(C)C)CC3)cc12. The lowest BCUT2D eigenvalue weighted by Crippen LogP contribution is -2.41. The lowest BCUT2D eigenvalue weighted by molar-refractivity contribution is 0.102. The maximum atomic E-state index is 14.8. The highest BCUT2D eigenvalue weighted by Gasteiger charge is 2.22. The molecule has 2 aromatic carbocycles. The average Bonchev–Trinajstić information content (AvgIpc) is 3.35. The molecule has 0 unspecified atom stereocenters. The van der Waals surface area contributed by atoms with E-state index in [-0.39, 0.29) is 11.9 Å². The van der Waals surface area contributed by atoms with Crippen molar-refractivity contribution in [2.24, 2.45) is 0 Å². The highest BCUT2D eigenvalue weighted by Crippen LogP contribution is 2.35. The zero-order valence-corrected chi connectivity index (χ0v) is 20.9. The second kappa shape index (κ2) is 9.85. The number of amides is 3. The van der Waals surface area contributed by atoms with Crippen molar-refractivity contribution in [2.75, 3.05) is 32.5 Å². The van der Waals surface area contributed by atoms with Crippen molar-refractivity contribution in [1.82, 2.24) is 24.8 Å². The van der Waals surface area contributed by atoms with Crippen LogP contribution in [0.15, 0.2) is 60.9 Å². The Bertz CT molecular complexity index is 1530. The molecule has 0 bridgehead atoms. The number of benzene rings is 2. The fourth-order valence-corrected chi connectivity index (χ4v) is 4.54. The number of hydrogen-bond donors (Lipinski definition) is 2. The molecule has 0 aliphatic carbocycles. The van der Waals surface area contributed by atoms with E-state index >= 15 is 0 Å². The van der Waals surface area contributed by atoms with Gasteiger partial charge in [-0.25, -0.2) is 19.2 Å². The summed E-state index contributed by atoms with van der Waals surface area (Å²) < 4.78 is 14.8. The van der Waals surface area contributed by atoms with Crippen molar-refractivity contribution in [3.8, 4) is 11.3 Å². The smallest absolute Gasteiger partial charge is 0.319 e. The van der Waals surface area contributed by atoms with E-state index in [1.807, 2.05) is 25.1 Å². The molecule has 5 rings (SSSR count). The monoisotopic (exact) mass is 498 g/mol. The molecule has 0 saturated carbocycles. The van der Waals surface area contributed by atoms with Crippen molar-refractivity contribution >= 4 is 34.2 Å². The van der Waals surface area contributed by atoms with E-state index < -0.39 is 5.82 Å². The van der Waals surface area contributed by atoms with Crippen molar-refractivity contribution < 1.29 is 14.0 Å². The van der Waals surface area contributed by atoms with Crippen molar-refractivity contribution in [3.05, 3.63) is 83.6 Å². The molecule has 0 fully saturated rings. The van der Waals surface area contributed by atoms with E-state index in [4.69, 9.17) is 0 Å². The average molecular weight is 499 g/mol. The number of urea groups is 1. The summed E-state index contributed by atoms with van der Waals surface area (Å²) in [6.07, 6.45) is 4.18. The van der Waals surface area contributed by atoms with Gasteiger partial charge in [0.1, 0.15) is 17.8 Å². The number of rotatable bonds is 4. The zero-order chi connectivity index (χ0) is 26.1. The molecule has 1 aliphatic heterocycles. The third kappa shape index (κ3) is 4.80. The van der Waals surface area contributed by atoms with Crippen LogP contribution in [-0.4, -0.2) is 63.9 Å². The van der Waals surface area contributed by atoms with Crippen molar-refractivity contribution in [2.45, 2.75) is 13.3 Å². The third-order valence-corrected chi connectivity index (χ3v) is 6.55. The number of nitrogens with zero attached hydrogens (tertiary/aromatic N) is 4. The van der Waals surface area contributed by atoms with E-state index in [0.717, 1.165) is 16.7 Å². The van der Waals surface area contributed by atoms with Gasteiger partial charge in [-0.2, -0.15) is 0 Å². The molecule has 37 heavy (non-hydrogen) atoms. The van der Waals surface area contributed by atoms with Crippen molar-refractivity contribution in [1.29, 1.82) is 0 Å². The van der Waals surface area contributed by atoms with Crippen LogP contribution in [0.1, 0.15) is 28.0 Å². The molecule has 0 saturated heterocycles. The number of H-pyrrole nitrogens is 1. The summed E-state index contributed by atoms with van der Waals surface area (Å²) in [6.45, 7) is 2.97. The predicted octanol–water partition coefficient (Wildman–Crippen LogP) is 5.10. The highest BCUT2D eigenvalue weighted by molar-refractivity contribution is 6.05. The number of nitrogens with one attached hydrogen (secondary N) is 2. The molecular formula is C28H27FN6O2. The van der Waals surface area contributed by atoms with Crippen LogP contribution in [0.2, 0.25) is 0 Å². The Morgan fingerprint density at radius 2 is 1.89 bits per heavy atom. The Labute approximate surface area is 213 Å². The molecule has 1 aliphatic rings. The number of halogens is 1. The van der Waals surface area contributed by atoms with Gasteiger partial charge in [0.2, 0.25) is 0 Å². The number of carbonyl (C=O) groups is 2. The quantitative estimate of drug-likeness (QED) is 0.410. The summed E-state index contributed by atoms with van der Waals surface area (Å²) in [4.78, 5) is 40.6. The van der Waals surface area contributed by atoms with Crippen molar-refractivity contribution in [3.63, 3.8) is 0 Å². The molecule has 8 nitrogen and oxygen atoms in total. The molecule has 3 amide bonds. The van der Waals surface area contributed by atoms with E-state index in [1.54, 1.807) is 48.2 Å². The minimum Gasteiger partial charge on any atom is -0.339 e. The third-order valence-electron chi connectivity index (χ3n) is 6.55. The first kappa shape index (κ1) is 24.2. The Balaban J connectivity index is 1.48. The zero-order valence-electron chi connectivity index (χ0n) is 20.9. The molecule has 0 spiro atoms. The summed E-state index contributed by atoms with van der Waals surface area (Å²) in [5.74, 6) is -0.796. The van der Waals surface area contributed by atoms with Crippen LogP contribution in [0, 0.1) is 12.7 Å². The molecule has 0 radical (unpaired) electrons. The molecular weight excluding hydrogens is 471 g/mol. The van der Waals surface area contributed by atoms with Gasteiger partial charge in [-0.15, -0.1) is 0 Å². The van der Waals surface area contributed by atoms with E-state index in [9.17, 15) is 14.0 Å². The lowest BCUT2D eigenvalue weighted by atomic mass is 10.00. The second-order valence-electron chi connectivity index (χ2n) is 9.22. The number of carbonyl (C=O) groups excluding carboxylic acids is 2. The summed E-state index contributed by atoms with van der Waals surface area (Å²) in [6, 6.07) is 13.5. The van der Waals surface area contributed by atoms with Crippen LogP contribution in [0.4, 0.5) is 14.9 Å². The van der Waals surface area contributed by atoms with Crippen LogP contribution < -0.4 is 5.32 Å². The standard InChI is InChI=1S/C28H27FN6O2/c1-17-21(13-20(29)14-23(17)33-27(36)19-7-5-4-6-8-19)25-22-15-24(32-26(22)31-16-30-25)18-9-11-35(12-10-18)28(37)34(2)3/h4-9,13-16H,10-12H2,1-3H3,(H,33,36)(H,30,31,32). The van der Waals surface area contributed by atoms with Crippen LogP contribution in [-0.2, 0) is 0 Å². The fraction of sp³-hybridized carbons (Fsp3) is 0.214. The van der Waals surface area contributed by atoms with Gasteiger partial charge in [0.25, 0.3) is 5.91 Å². The summed E-state index contributed by atoms with van der Waals surface area (Å²) in [5.41, 5.74) is 5.31. The molecule has 4 aromatic rings. The summed E-state index contributed by atoms with van der Waals surface area (Å²) >= 11 is 0. The minimum atomic E-state index is -0.480. The first-order valence-electron chi connectivity index (χ1n) is 12.0. The number of aromatic nitrogens is 3. The largest absolute Gasteiger partial charge is 0.339 e. The molecule has 2 aromatic heterocycles. The van der Waals surface area contributed by atoms with Gasteiger partial charge in [-0.05, 0) is 54.8 Å². The number of hydrogen-bond acceptors (Lipinski definition) is 4. The van der Waals surface area contributed by atoms with Crippen LogP contribution >= 0.6 is 0 Å². The molecule has 3 heterocycles. The molecule has 188 valence electrons. The summed E-state index contributed by atoms with van der Waals surface area (Å²) in [7, 11) is 3.48.